The van der Waals surface area contributed by atoms with Crippen LogP contribution >= 0.6 is 0 Å². The summed E-state index contributed by atoms with van der Waals surface area (Å²) in [6.07, 6.45) is 3.03. The Kier molecular flexibility index (Phi) is 10.6. The van der Waals surface area contributed by atoms with E-state index in [1.165, 1.54) is 60.9 Å². The molecule has 0 aromatic heterocycles. The zero-order valence-electron chi connectivity index (χ0n) is 18.1. The molecule has 2 aromatic rings. The summed E-state index contributed by atoms with van der Waals surface area (Å²) in [7, 11) is 0. The van der Waals surface area contributed by atoms with Crippen LogP contribution in [0.15, 0.2) is 53.5 Å². The first-order chi connectivity index (χ1) is 16.9. The maximum atomic E-state index is 11.9. The van der Waals surface area contributed by atoms with Gasteiger partial charge < -0.3 is 23.7 Å². The number of rotatable bonds is 12. The van der Waals surface area contributed by atoms with Gasteiger partial charge in [-0.05, 0) is 48.5 Å². The van der Waals surface area contributed by atoms with Crippen LogP contribution in [0.2, 0.25) is 0 Å². The van der Waals surface area contributed by atoms with Crippen LogP contribution in [0.1, 0.15) is 27.1 Å². The van der Waals surface area contributed by atoms with Gasteiger partial charge in [-0.15, -0.1) is 5.26 Å². The number of carbonyl (C=O) groups is 4. The third-order valence-electron chi connectivity index (χ3n) is 3.99. The van der Waals surface area contributed by atoms with Gasteiger partial charge in [-0.3, -0.25) is 0 Å². The molecule has 180 valence electrons. The zero-order valence-corrected chi connectivity index (χ0v) is 18.1. The van der Waals surface area contributed by atoms with E-state index in [2.05, 4.69) is 9.73 Å². The summed E-state index contributed by atoms with van der Waals surface area (Å²) < 4.78 is 23.9. The van der Waals surface area contributed by atoms with E-state index in [1.54, 1.807) is 0 Å². The lowest BCUT2D eigenvalue weighted by Crippen LogP contribution is -2.19. The summed E-state index contributed by atoms with van der Waals surface area (Å²) in [6, 6.07) is 11.1. The second-order valence-electron chi connectivity index (χ2n) is 6.41. The first-order valence-corrected chi connectivity index (χ1v) is 9.92. The first kappa shape index (κ1) is 26.2. The van der Waals surface area contributed by atoms with E-state index in [9.17, 15) is 24.0 Å². The highest BCUT2D eigenvalue weighted by atomic mass is 16.6. The van der Waals surface area contributed by atoms with Crippen molar-refractivity contribution in [2.24, 2.45) is 4.99 Å². The smallest absolute Gasteiger partial charge is 0.344 e. The minimum absolute atomic E-state index is 0.0980. The van der Waals surface area contributed by atoms with E-state index in [-0.39, 0.29) is 36.5 Å². The van der Waals surface area contributed by atoms with Crippen molar-refractivity contribution >= 4 is 35.6 Å². The lowest BCUT2D eigenvalue weighted by atomic mass is 10.2. The topological polar surface area (TPSA) is 168 Å². The highest BCUT2D eigenvalue weighted by Gasteiger charge is 2.13. The van der Waals surface area contributed by atoms with Crippen LogP contribution in [-0.4, -0.2) is 56.4 Å². The second-order valence-corrected chi connectivity index (χ2v) is 6.41. The quantitative estimate of drug-likeness (QED) is 0.108. The summed E-state index contributed by atoms with van der Waals surface area (Å²) in [5.74, 6) is -2.88. The van der Waals surface area contributed by atoms with Crippen LogP contribution in [0.4, 0.5) is 5.69 Å². The number of esters is 4. The minimum atomic E-state index is -0.799. The molecule has 0 saturated carbocycles. The van der Waals surface area contributed by atoms with Gasteiger partial charge in [0, 0.05) is 6.42 Å². The Hall–Kier alpha value is -5.01. The number of isocyanates is 1. The Balaban J connectivity index is 1.56. The van der Waals surface area contributed by atoms with Crippen molar-refractivity contribution in [1.82, 2.24) is 0 Å². The predicted octanol–water partition coefficient (Wildman–Crippen LogP) is 2.00. The van der Waals surface area contributed by atoms with E-state index in [0.717, 1.165) is 0 Å². The molecule has 0 amide bonds. The molecule has 0 aliphatic carbocycles. The normalized spacial score (nSPS) is 9.57. The number of nitriles is 1. The minimum Gasteiger partial charge on any atom is -0.463 e. The van der Waals surface area contributed by atoms with Crippen LogP contribution in [0.25, 0.3) is 0 Å². The van der Waals surface area contributed by atoms with Gasteiger partial charge in [0.2, 0.25) is 6.08 Å². The van der Waals surface area contributed by atoms with Gasteiger partial charge in [0.05, 0.1) is 30.0 Å². The number of hydrogen-bond acceptors (Lipinski definition) is 12. The molecule has 0 heterocycles. The lowest BCUT2D eigenvalue weighted by molar-refractivity contribution is -0.150. The highest BCUT2D eigenvalue weighted by molar-refractivity contribution is 5.91. The average molecular weight is 482 g/mol. The Labute approximate surface area is 198 Å². The standard InChI is InChI=1S/C23H18N2O10/c24-14-35-19-8-4-17(5-9-19)23(30)34-13-21(28)32-11-1-10-31-20(27)12-33-22(29)16-2-6-18(7-3-16)25-15-26/h2-9H,1,10-13H2. The average Bonchev–Trinajstić information content (AvgIpc) is 2.87. The number of nitrogens with zero attached hydrogens (tertiary/aromatic N) is 2. The third-order valence-corrected chi connectivity index (χ3v) is 3.99. The van der Waals surface area contributed by atoms with Gasteiger partial charge in [-0.25, -0.2) is 24.0 Å². The van der Waals surface area contributed by atoms with Gasteiger partial charge >= 0.3 is 23.9 Å². The monoisotopic (exact) mass is 482 g/mol. The molecule has 0 bridgehead atoms. The molecular weight excluding hydrogens is 464 g/mol. The van der Waals surface area contributed by atoms with Crippen molar-refractivity contribution in [1.29, 1.82) is 5.26 Å². The maximum absolute atomic E-state index is 11.9. The van der Waals surface area contributed by atoms with Crippen molar-refractivity contribution in [3.8, 4) is 12.0 Å². The fourth-order valence-electron chi connectivity index (χ4n) is 2.37. The SMILES string of the molecule is N#COc1ccc(C(=O)OCC(=O)OCCCOC(=O)COC(=O)c2ccc(N=C=O)cc2)cc1. The van der Waals surface area contributed by atoms with E-state index >= 15 is 0 Å². The van der Waals surface area contributed by atoms with Gasteiger partial charge in [0.15, 0.2) is 13.2 Å². The molecule has 0 aliphatic rings. The number of aliphatic imine (C=N–C) groups is 1. The van der Waals surface area contributed by atoms with E-state index in [1.807, 2.05) is 0 Å². The molecule has 2 aromatic carbocycles. The van der Waals surface area contributed by atoms with Gasteiger partial charge in [-0.2, -0.15) is 4.99 Å². The van der Waals surface area contributed by atoms with Crippen LogP contribution in [-0.2, 0) is 33.3 Å². The molecule has 0 fully saturated rings. The molecule has 2 rings (SSSR count). The number of ether oxygens (including phenoxy) is 5. The molecule has 0 radical (unpaired) electrons. The fourth-order valence-corrected chi connectivity index (χ4v) is 2.37. The summed E-state index contributed by atoms with van der Waals surface area (Å²) in [5, 5.41) is 8.41. The highest BCUT2D eigenvalue weighted by Crippen LogP contribution is 2.13. The predicted molar refractivity (Wildman–Crippen MR) is 114 cm³/mol. The summed E-state index contributed by atoms with van der Waals surface area (Å²) in [5.41, 5.74) is 0.619. The molecule has 0 N–H and O–H groups in total. The van der Waals surface area contributed by atoms with Crippen LogP contribution < -0.4 is 4.74 Å². The molecule has 0 spiro atoms. The fraction of sp³-hybridized carbons (Fsp3) is 0.217. The lowest BCUT2D eigenvalue weighted by Gasteiger charge is -2.08. The van der Waals surface area contributed by atoms with Gasteiger partial charge in [0.1, 0.15) is 5.75 Å². The number of benzene rings is 2. The summed E-state index contributed by atoms with van der Waals surface area (Å²) >= 11 is 0. The third kappa shape index (κ3) is 9.56. The second kappa shape index (κ2) is 14.2. The molecular formula is C23H18N2O10. The van der Waals surface area contributed by atoms with Crippen LogP contribution in [0, 0.1) is 11.5 Å². The van der Waals surface area contributed by atoms with Crippen molar-refractivity contribution in [2.75, 3.05) is 26.4 Å². The molecule has 35 heavy (non-hydrogen) atoms. The molecule has 0 atom stereocenters. The molecule has 0 unspecified atom stereocenters. The summed E-state index contributed by atoms with van der Waals surface area (Å²) in [4.78, 5) is 60.6. The number of carbonyl (C=O) groups excluding carboxylic acids is 5. The summed E-state index contributed by atoms with van der Waals surface area (Å²) in [6.45, 7) is -1.43. The zero-order chi connectivity index (χ0) is 25.5. The van der Waals surface area contributed by atoms with Crippen LogP contribution in [0.3, 0.4) is 0 Å². The molecule has 0 saturated heterocycles. The van der Waals surface area contributed by atoms with Gasteiger partial charge in [-0.1, -0.05) is 0 Å². The maximum Gasteiger partial charge on any atom is 0.344 e. The molecule has 0 aliphatic heterocycles. The van der Waals surface area contributed by atoms with Crippen molar-refractivity contribution in [2.45, 2.75) is 6.42 Å². The van der Waals surface area contributed by atoms with Crippen LogP contribution in [0.5, 0.6) is 5.75 Å². The Morgan fingerprint density at radius 1 is 0.743 bits per heavy atom. The van der Waals surface area contributed by atoms with Crippen molar-refractivity contribution in [3.63, 3.8) is 0 Å². The molecule has 12 nitrogen and oxygen atoms in total. The van der Waals surface area contributed by atoms with E-state index < -0.39 is 37.1 Å². The largest absolute Gasteiger partial charge is 0.463 e. The first-order valence-electron chi connectivity index (χ1n) is 9.92. The van der Waals surface area contributed by atoms with E-state index in [0.29, 0.717) is 5.69 Å². The molecule has 12 heteroatoms. The Morgan fingerprint density at radius 2 is 1.23 bits per heavy atom. The number of hydrogen-bond donors (Lipinski definition) is 0. The van der Waals surface area contributed by atoms with E-state index in [4.69, 9.17) is 24.2 Å². The Morgan fingerprint density at radius 3 is 1.69 bits per heavy atom. The Bertz CT molecular complexity index is 1130. The van der Waals surface area contributed by atoms with Crippen molar-refractivity contribution in [3.05, 3.63) is 59.7 Å². The van der Waals surface area contributed by atoms with Crippen molar-refractivity contribution < 1.29 is 47.7 Å². The van der Waals surface area contributed by atoms with Gasteiger partial charge in [0.25, 0.3) is 6.26 Å².